The van der Waals surface area contributed by atoms with E-state index in [0.717, 1.165) is 15.6 Å². The minimum Gasteiger partial charge on any atom is -0.357 e. The average Bonchev–Trinajstić information content (AvgIpc) is 2.69. The highest BCUT2D eigenvalue weighted by molar-refractivity contribution is 9.10. The number of nitrogens with one attached hydrogen (secondary N) is 1. The van der Waals surface area contributed by atoms with Crippen molar-refractivity contribution in [3.63, 3.8) is 0 Å². The third-order valence-corrected chi connectivity index (χ3v) is 6.41. The smallest absolute Gasteiger partial charge is 0.242 e. The van der Waals surface area contributed by atoms with Crippen LogP contribution in [0.3, 0.4) is 0 Å². The fraction of sp³-hybridized carbons (Fsp3) is 0.300. The van der Waals surface area contributed by atoms with E-state index >= 15 is 0 Å². The summed E-state index contributed by atoms with van der Waals surface area (Å²) in [6.07, 6.45) is 0. The van der Waals surface area contributed by atoms with Crippen LogP contribution >= 0.6 is 50.9 Å². The lowest BCUT2D eigenvalue weighted by Gasteiger charge is -2.28. The van der Waals surface area contributed by atoms with Gasteiger partial charge < -0.3 is 10.2 Å². The van der Waals surface area contributed by atoms with Crippen molar-refractivity contribution in [2.45, 2.75) is 25.3 Å². The Morgan fingerprint density at radius 2 is 1.75 bits per heavy atom. The molecule has 0 heterocycles. The van der Waals surface area contributed by atoms with Crippen LogP contribution in [0.5, 0.6) is 0 Å². The van der Waals surface area contributed by atoms with Crippen molar-refractivity contribution in [3.8, 4) is 0 Å². The fourth-order valence-electron chi connectivity index (χ4n) is 2.55. The number of rotatable bonds is 8. The van der Waals surface area contributed by atoms with E-state index in [9.17, 15) is 9.59 Å². The van der Waals surface area contributed by atoms with E-state index in [1.165, 1.54) is 11.8 Å². The van der Waals surface area contributed by atoms with Crippen LogP contribution in [0.4, 0.5) is 0 Å². The second-order valence-corrected chi connectivity index (χ2v) is 8.90. The first-order valence-electron chi connectivity index (χ1n) is 8.59. The van der Waals surface area contributed by atoms with Gasteiger partial charge in [0.05, 0.1) is 15.8 Å². The van der Waals surface area contributed by atoms with Crippen LogP contribution in [-0.4, -0.2) is 35.6 Å². The molecular weight excluding hydrogens is 483 g/mol. The van der Waals surface area contributed by atoms with E-state index in [2.05, 4.69) is 21.2 Å². The van der Waals surface area contributed by atoms with E-state index in [4.69, 9.17) is 23.2 Å². The van der Waals surface area contributed by atoms with Gasteiger partial charge in [0.25, 0.3) is 0 Å². The zero-order valence-corrected chi connectivity index (χ0v) is 19.5. The van der Waals surface area contributed by atoms with Crippen LogP contribution in [0, 0.1) is 0 Å². The van der Waals surface area contributed by atoms with Gasteiger partial charge in [0, 0.05) is 23.8 Å². The molecule has 0 saturated heterocycles. The lowest BCUT2D eigenvalue weighted by molar-refractivity contribution is -0.138. The Labute approximate surface area is 188 Å². The zero-order chi connectivity index (χ0) is 20.7. The van der Waals surface area contributed by atoms with E-state index in [0.29, 0.717) is 15.8 Å². The number of nitrogens with zero attached hydrogens (tertiary/aromatic N) is 1. The SMILES string of the molecule is CNC(=O)[C@H](C)N(Cc1ccc(Cl)c(Cl)c1)C(=O)CSCc1ccc(Br)cc1. The van der Waals surface area contributed by atoms with Crippen molar-refractivity contribution < 1.29 is 9.59 Å². The van der Waals surface area contributed by atoms with Crippen LogP contribution in [0.25, 0.3) is 0 Å². The van der Waals surface area contributed by atoms with Crippen LogP contribution in [0.2, 0.25) is 10.0 Å². The molecule has 4 nitrogen and oxygen atoms in total. The molecule has 0 aromatic heterocycles. The largest absolute Gasteiger partial charge is 0.357 e. The van der Waals surface area contributed by atoms with E-state index < -0.39 is 6.04 Å². The maximum Gasteiger partial charge on any atom is 0.242 e. The molecule has 2 aromatic carbocycles. The number of hydrogen-bond donors (Lipinski definition) is 1. The van der Waals surface area contributed by atoms with Crippen molar-refractivity contribution in [2.24, 2.45) is 0 Å². The van der Waals surface area contributed by atoms with Gasteiger partial charge >= 0.3 is 0 Å². The number of amides is 2. The summed E-state index contributed by atoms with van der Waals surface area (Å²) in [5.41, 5.74) is 1.95. The number of hydrogen-bond acceptors (Lipinski definition) is 3. The van der Waals surface area contributed by atoms with Crippen molar-refractivity contribution in [1.82, 2.24) is 10.2 Å². The molecule has 2 amide bonds. The molecular formula is C20H21BrCl2N2O2S. The molecule has 0 bridgehead atoms. The molecule has 0 aliphatic heterocycles. The molecule has 1 N–H and O–H groups in total. The zero-order valence-electron chi connectivity index (χ0n) is 15.5. The van der Waals surface area contributed by atoms with Crippen LogP contribution in [0.1, 0.15) is 18.1 Å². The molecule has 0 unspecified atom stereocenters. The molecule has 150 valence electrons. The maximum atomic E-state index is 12.9. The van der Waals surface area contributed by atoms with Gasteiger partial charge in [-0.05, 0) is 42.3 Å². The summed E-state index contributed by atoms with van der Waals surface area (Å²) < 4.78 is 1.02. The third kappa shape index (κ3) is 6.69. The molecule has 0 aliphatic carbocycles. The highest BCUT2D eigenvalue weighted by atomic mass is 79.9. The van der Waals surface area contributed by atoms with Crippen molar-refractivity contribution >= 4 is 62.7 Å². The van der Waals surface area contributed by atoms with Crippen molar-refractivity contribution in [3.05, 3.63) is 68.1 Å². The molecule has 0 aliphatic rings. The summed E-state index contributed by atoms with van der Waals surface area (Å²) in [5, 5.41) is 3.47. The lowest BCUT2D eigenvalue weighted by Crippen LogP contribution is -2.47. The highest BCUT2D eigenvalue weighted by Gasteiger charge is 2.25. The lowest BCUT2D eigenvalue weighted by atomic mass is 10.1. The van der Waals surface area contributed by atoms with Gasteiger partial charge in [-0.25, -0.2) is 0 Å². The molecule has 2 rings (SSSR count). The number of carbonyl (C=O) groups excluding carboxylic acids is 2. The Hall–Kier alpha value is -1.21. The first kappa shape index (κ1) is 23.1. The molecule has 8 heteroatoms. The Morgan fingerprint density at radius 1 is 1.11 bits per heavy atom. The summed E-state index contributed by atoms with van der Waals surface area (Å²) in [7, 11) is 1.56. The summed E-state index contributed by atoms with van der Waals surface area (Å²) in [6, 6.07) is 12.6. The Balaban J connectivity index is 2.06. The molecule has 0 spiro atoms. The van der Waals surface area contributed by atoms with Crippen LogP contribution in [0.15, 0.2) is 46.9 Å². The summed E-state index contributed by atoms with van der Waals surface area (Å²) in [5.74, 6) is 0.669. The maximum absolute atomic E-state index is 12.9. The number of thioether (sulfide) groups is 1. The van der Waals surface area contributed by atoms with Gasteiger partial charge in [0.15, 0.2) is 0 Å². The minimum atomic E-state index is -0.597. The predicted molar refractivity (Wildman–Crippen MR) is 121 cm³/mol. The second kappa shape index (κ2) is 11.1. The summed E-state index contributed by atoms with van der Waals surface area (Å²) in [4.78, 5) is 26.6. The molecule has 28 heavy (non-hydrogen) atoms. The van der Waals surface area contributed by atoms with Gasteiger partial charge in [0.2, 0.25) is 11.8 Å². The topological polar surface area (TPSA) is 49.4 Å². The minimum absolute atomic E-state index is 0.107. The molecule has 0 fully saturated rings. The molecule has 1 atom stereocenters. The van der Waals surface area contributed by atoms with Gasteiger partial charge in [-0.1, -0.05) is 57.3 Å². The number of carbonyl (C=O) groups is 2. The number of halogens is 3. The van der Waals surface area contributed by atoms with E-state index in [-0.39, 0.29) is 24.1 Å². The van der Waals surface area contributed by atoms with Gasteiger partial charge in [-0.2, -0.15) is 0 Å². The second-order valence-electron chi connectivity index (χ2n) is 6.18. The predicted octanol–water partition coefficient (Wildman–Crippen LogP) is 5.15. The standard InChI is InChI=1S/C20H21BrCl2N2O2S/c1-13(20(27)24-2)25(10-15-5-8-17(22)18(23)9-15)19(26)12-28-11-14-3-6-16(21)7-4-14/h3-9,13H,10-12H2,1-2H3,(H,24,27)/t13-/m0/s1. The Bertz CT molecular complexity index is 833. The summed E-state index contributed by atoms with van der Waals surface area (Å²) >= 11 is 17.0. The monoisotopic (exact) mass is 502 g/mol. The molecule has 0 radical (unpaired) electrons. The normalized spacial score (nSPS) is 11.8. The quantitative estimate of drug-likeness (QED) is 0.541. The van der Waals surface area contributed by atoms with Crippen LogP contribution in [-0.2, 0) is 21.9 Å². The summed E-state index contributed by atoms with van der Waals surface area (Å²) in [6.45, 7) is 2.00. The van der Waals surface area contributed by atoms with Gasteiger partial charge in [0.1, 0.15) is 6.04 Å². The van der Waals surface area contributed by atoms with E-state index in [1.807, 2.05) is 24.3 Å². The first-order valence-corrected chi connectivity index (χ1v) is 11.3. The third-order valence-electron chi connectivity index (χ3n) is 4.16. The Morgan fingerprint density at radius 3 is 2.36 bits per heavy atom. The fourth-order valence-corrected chi connectivity index (χ4v) is 4.00. The Kier molecular flexibility index (Phi) is 9.15. The van der Waals surface area contributed by atoms with Crippen LogP contribution < -0.4 is 5.32 Å². The average molecular weight is 504 g/mol. The van der Waals surface area contributed by atoms with Gasteiger partial charge in [-0.3, -0.25) is 9.59 Å². The van der Waals surface area contributed by atoms with E-state index in [1.54, 1.807) is 37.1 Å². The number of benzene rings is 2. The molecule has 2 aromatic rings. The van der Waals surface area contributed by atoms with Crippen molar-refractivity contribution in [2.75, 3.05) is 12.8 Å². The first-order chi connectivity index (χ1) is 13.3. The molecule has 0 saturated carbocycles. The van der Waals surface area contributed by atoms with Gasteiger partial charge in [-0.15, -0.1) is 11.8 Å². The highest BCUT2D eigenvalue weighted by Crippen LogP contribution is 2.24. The van der Waals surface area contributed by atoms with Crippen molar-refractivity contribution in [1.29, 1.82) is 0 Å². The number of likely N-dealkylation sites (N-methyl/N-ethyl adjacent to an activating group) is 1.